The van der Waals surface area contributed by atoms with Gasteiger partial charge in [-0.15, -0.1) is 0 Å². The van der Waals surface area contributed by atoms with Crippen LogP contribution in [0.25, 0.3) is 5.52 Å². The summed E-state index contributed by atoms with van der Waals surface area (Å²) in [6, 6.07) is 5.35. The zero-order valence-corrected chi connectivity index (χ0v) is 8.82. The highest BCUT2D eigenvalue weighted by atomic mass is 35.5. The number of aromatic nitrogens is 2. The zero-order chi connectivity index (χ0) is 11.0. The fraction of sp³-hybridized carbons (Fsp3) is 0.200. The summed E-state index contributed by atoms with van der Waals surface area (Å²) in [7, 11) is 0. The molecule has 2 rings (SSSR count). The van der Waals surface area contributed by atoms with Gasteiger partial charge in [0.15, 0.2) is 5.15 Å². The van der Waals surface area contributed by atoms with Crippen LogP contribution in [0.15, 0.2) is 18.2 Å². The maximum Gasteiger partial charge on any atom is 0.309 e. The second kappa shape index (κ2) is 3.55. The first kappa shape index (κ1) is 9.98. The Morgan fingerprint density at radius 2 is 2.33 bits per heavy atom. The number of halogens is 1. The Bertz CT molecular complexity index is 533. The SMILES string of the molecule is Cc1nc(Cl)c2cccc(CC(=O)O)n12. The van der Waals surface area contributed by atoms with E-state index < -0.39 is 5.97 Å². The summed E-state index contributed by atoms with van der Waals surface area (Å²) >= 11 is 5.91. The molecule has 0 fully saturated rings. The van der Waals surface area contributed by atoms with Gasteiger partial charge in [-0.05, 0) is 19.1 Å². The van der Waals surface area contributed by atoms with Gasteiger partial charge in [-0.25, -0.2) is 4.98 Å². The molecule has 0 aromatic carbocycles. The molecule has 0 aliphatic heterocycles. The van der Waals surface area contributed by atoms with E-state index in [0.29, 0.717) is 16.7 Å². The number of rotatable bonds is 2. The Morgan fingerprint density at radius 3 is 3.00 bits per heavy atom. The largest absolute Gasteiger partial charge is 0.481 e. The summed E-state index contributed by atoms with van der Waals surface area (Å²) in [5.74, 6) is -0.168. The molecule has 4 nitrogen and oxygen atoms in total. The van der Waals surface area contributed by atoms with E-state index in [1.807, 2.05) is 6.07 Å². The van der Waals surface area contributed by atoms with Crippen LogP contribution < -0.4 is 0 Å². The Morgan fingerprint density at radius 1 is 1.60 bits per heavy atom. The molecule has 0 bridgehead atoms. The normalized spacial score (nSPS) is 10.8. The predicted octanol–water partition coefficient (Wildman–Crippen LogP) is 1.92. The van der Waals surface area contributed by atoms with Crippen LogP contribution in [-0.4, -0.2) is 20.5 Å². The summed E-state index contributed by atoms with van der Waals surface area (Å²) < 4.78 is 1.76. The van der Waals surface area contributed by atoms with Crippen molar-refractivity contribution in [3.05, 3.63) is 34.9 Å². The Balaban J connectivity index is 2.69. The van der Waals surface area contributed by atoms with Crippen LogP contribution in [-0.2, 0) is 11.2 Å². The first-order valence-corrected chi connectivity index (χ1v) is 4.81. The van der Waals surface area contributed by atoms with Gasteiger partial charge in [0.1, 0.15) is 5.82 Å². The first-order valence-electron chi connectivity index (χ1n) is 4.44. The molecule has 0 saturated heterocycles. The van der Waals surface area contributed by atoms with Crippen LogP contribution in [0, 0.1) is 6.92 Å². The van der Waals surface area contributed by atoms with Crippen molar-refractivity contribution in [3.63, 3.8) is 0 Å². The fourth-order valence-electron chi connectivity index (χ4n) is 1.64. The highest BCUT2D eigenvalue weighted by Crippen LogP contribution is 2.19. The number of imidazole rings is 1. The third-order valence-corrected chi connectivity index (χ3v) is 2.48. The molecule has 78 valence electrons. The summed E-state index contributed by atoms with van der Waals surface area (Å²) in [5, 5.41) is 9.16. The molecule has 1 N–H and O–H groups in total. The summed E-state index contributed by atoms with van der Waals surface area (Å²) in [5.41, 5.74) is 1.42. The molecule has 2 heterocycles. The van der Waals surface area contributed by atoms with Gasteiger partial charge in [-0.2, -0.15) is 0 Å². The van der Waals surface area contributed by atoms with Crippen LogP contribution in [0.1, 0.15) is 11.5 Å². The van der Waals surface area contributed by atoms with Crippen molar-refractivity contribution in [3.8, 4) is 0 Å². The van der Waals surface area contributed by atoms with Gasteiger partial charge >= 0.3 is 5.97 Å². The average molecular weight is 225 g/mol. The maximum atomic E-state index is 10.7. The number of hydrogen-bond acceptors (Lipinski definition) is 2. The summed E-state index contributed by atoms with van der Waals surface area (Å²) in [6.45, 7) is 1.80. The minimum absolute atomic E-state index is 0.0368. The molecule has 5 heteroatoms. The molecule has 0 aliphatic carbocycles. The van der Waals surface area contributed by atoms with E-state index in [1.54, 1.807) is 23.5 Å². The quantitative estimate of drug-likeness (QED) is 0.848. The van der Waals surface area contributed by atoms with Crippen molar-refractivity contribution in [1.82, 2.24) is 9.38 Å². The first-order chi connectivity index (χ1) is 7.09. The predicted molar refractivity (Wildman–Crippen MR) is 56.3 cm³/mol. The number of pyridine rings is 1. The van der Waals surface area contributed by atoms with Gasteiger partial charge in [-0.3, -0.25) is 9.20 Å². The maximum absolute atomic E-state index is 10.7. The number of aliphatic carboxylic acids is 1. The minimum atomic E-state index is -0.869. The van der Waals surface area contributed by atoms with Gasteiger partial charge < -0.3 is 5.11 Å². The topological polar surface area (TPSA) is 54.6 Å². The van der Waals surface area contributed by atoms with Crippen LogP contribution in [0.2, 0.25) is 5.15 Å². The van der Waals surface area contributed by atoms with E-state index >= 15 is 0 Å². The van der Waals surface area contributed by atoms with Crippen molar-refractivity contribution < 1.29 is 9.90 Å². The molecule has 0 radical (unpaired) electrons. The van der Waals surface area contributed by atoms with Gasteiger partial charge in [0, 0.05) is 5.69 Å². The molecule has 0 unspecified atom stereocenters. The zero-order valence-electron chi connectivity index (χ0n) is 8.07. The highest BCUT2D eigenvalue weighted by Gasteiger charge is 2.10. The lowest BCUT2D eigenvalue weighted by Gasteiger charge is -2.03. The van der Waals surface area contributed by atoms with Gasteiger partial charge in [0.25, 0.3) is 0 Å². The number of carbonyl (C=O) groups is 1. The van der Waals surface area contributed by atoms with Crippen LogP contribution in [0.3, 0.4) is 0 Å². The van der Waals surface area contributed by atoms with Crippen LogP contribution in [0.4, 0.5) is 0 Å². The molecule has 0 aliphatic rings. The third-order valence-electron chi connectivity index (χ3n) is 2.20. The second-order valence-electron chi connectivity index (χ2n) is 3.26. The molecule has 15 heavy (non-hydrogen) atoms. The Kier molecular flexibility index (Phi) is 2.36. The molecule has 2 aromatic heterocycles. The van der Waals surface area contributed by atoms with Crippen molar-refractivity contribution in [2.24, 2.45) is 0 Å². The van der Waals surface area contributed by atoms with Crippen molar-refractivity contribution >= 4 is 23.1 Å². The van der Waals surface area contributed by atoms with Crippen molar-refractivity contribution in [1.29, 1.82) is 0 Å². The van der Waals surface area contributed by atoms with Crippen LogP contribution in [0.5, 0.6) is 0 Å². The van der Waals surface area contributed by atoms with E-state index in [4.69, 9.17) is 16.7 Å². The van der Waals surface area contributed by atoms with Crippen molar-refractivity contribution in [2.75, 3.05) is 0 Å². The molecule has 2 aromatic rings. The number of carboxylic acids is 1. The van der Waals surface area contributed by atoms with Gasteiger partial charge in [0.05, 0.1) is 11.9 Å². The molecule has 0 atom stereocenters. The minimum Gasteiger partial charge on any atom is -0.481 e. The van der Waals surface area contributed by atoms with E-state index in [0.717, 1.165) is 5.52 Å². The number of carboxylic acid groups (broad SMARTS) is 1. The lowest BCUT2D eigenvalue weighted by molar-refractivity contribution is -0.136. The monoisotopic (exact) mass is 224 g/mol. The number of aryl methyl sites for hydroxylation is 1. The Hall–Kier alpha value is -1.55. The smallest absolute Gasteiger partial charge is 0.309 e. The highest BCUT2D eigenvalue weighted by molar-refractivity contribution is 6.32. The Labute approximate surface area is 91.1 Å². The molecular formula is C10H9ClN2O2. The number of hydrogen-bond donors (Lipinski definition) is 1. The van der Waals surface area contributed by atoms with E-state index in [-0.39, 0.29) is 6.42 Å². The standard InChI is InChI=1S/C10H9ClN2O2/c1-6-12-10(11)8-4-2-3-7(13(6)8)5-9(14)15/h2-4H,5H2,1H3,(H,14,15). The second-order valence-corrected chi connectivity index (χ2v) is 3.62. The summed E-state index contributed by atoms with van der Waals surface area (Å²) in [4.78, 5) is 14.8. The number of fused-ring (bicyclic) bond motifs is 1. The van der Waals surface area contributed by atoms with Gasteiger partial charge in [0.2, 0.25) is 0 Å². The summed E-state index contributed by atoms with van der Waals surface area (Å²) in [6.07, 6.45) is -0.0368. The lowest BCUT2D eigenvalue weighted by Crippen LogP contribution is -2.06. The fourth-order valence-corrected chi connectivity index (χ4v) is 1.91. The van der Waals surface area contributed by atoms with Crippen molar-refractivity contribution in [2.45, 2.75) is 13.3 Å². The molecule has 0 spiro atoms. The van der Waals surface area contributed by atoms with E-state index in [2.05, 4.69) is 4.98 Å². The molecular weight excluding hydrogens is 216 g/mol. The molecule has 0 saturated carbocycles. The van der Waals surface area contributed by atoms with Crippen LogP contribution >= 0.6 is 11.6 Å². The number of nitrogens with zero attached hydrogens (tertiary/aromatic N) is 2. The lowest BCUT2D eigenvalue weighted by atomic mass is 10.2. The van der Waals surface area contributed by atoms with E-state index in [1.165, 1.54) is 0 Å². The third kappa shape index (κ3) is 1.68. The average Bonchev–Trinajstić information content (AvgIpc) is 2.43. The molecule has 0 amide bonds. The van der Waals surface area contributed by atoms with E-state index in [9.17, 15) is 4.79 Å². The van der Waals surface area contributed by atoms with Gasteiger partial charge in [-0.1, -0.05) is 17.7 Å².